The van der Waals surface area contributed by atoms with Crippen LogP contribution < -0.4 is 21.1 Å². The third kappa shape index (κ3) is 3.81. The first-order valence-corrected chi connectivity index (χ1v) is 10.4. The van der Waals surface area contributed by atoms with Crippen molar-refractivity contribution in [1.29, 1.82) is 0 Å². The summed E-state index contributed by atoms with van der Waals surface area (Å²) in [5, 5.41) is 11.7. The summed E-state index contributed by atoms with van der Waals surface area (Å²) >= 11 is 1.66. The maximum absolute atomic E-state index is 11.0. The quantitative estimate of drug-likeness (QED) is 0.394. The van der Waals surface area contributed by atoms with Crippen molar-refractivity contribution in [2.24, 2.45) is 0 Å². The van der Waals surface area contributed by atoms with E-state index in [1.54, 1.807) is 18.4 Å². The zero-order chi connectivity index (χ0) is 21.3. The van der Waals surface area contributed by atoms with Crippen molar-refractivity contribution in [3.63, 3.8) is 0 Å². The van der Waals surface area contributed by atoms with Crippen molar-refractivity contribution in [2.75, 3.05) is 25.9 Å². The highest BCUT2D eigenvalue weighted by Gasteiger charge is 2.18. The fourth-order valence-corrected chi connectivity index (χ4v) is 4.69. The lowest BCUT2D eigenvalue weighted by atomic mass is 10.1. The highest BCUT2D eigenvalue weighted by molar-refractivity contribution is 7.22. The van der Waals surface area contributed by atoms with Gasteiger partial charge in [-0.25, -0.2) is 9.50 Å². The lowest BCUT2D eigenvalue weighted by molar-refractivity contribution is -0.118. The zero-order valence-electron chi connectivity index (χ0n) is 17.2. The van der Waals surface area contributed by atoms with Crippen LogP contribution in [0.5, 0.6) is 5.75 Å². The first-order valence-electron chi connectivity index (χ1n) is 9.62. The lowest BCUT2D eigenvalue weighted by Gasteiger charge is -2.05. The number of hydrogen-bond acceptors (Lipinski definition) is 7. The second-order valence-corrected chi connectivity index (χ2v) is 8.16. The molecule has 1 amide bonds. The average Bonchev–Trinajstić information content (AvgIpc) is 3.29. The zero-order valence-corrected chi connectivity index (χ0v) is 18.0. The van der Waals surface area contributed by atoms with Gasteiger partial charge in [0.2, 0.25) is 5.91 Å². The third-order valence-electron chi connectivity index (χ3n) is 4.85. The Morgan fingerprint density at radius 3 is 2.87 bits per heavy atom. The number of nitrogens with one attached hydrogen (secondary N) is 2. The molecule has 8 nitrogen and oxygen atoms in total. The fraction of sp³-hybridized carbons (Fsp3) is 0.286. The number of nitrogens with zero attached hydrogens (tertiary/aromatic N) is 3. The van der Waals surface area contributed by atoms with Gasteiger partial charge in [-0.2, -0.15) is 5.10 Å². The van der Waals surface area contributed by atoms with Crippen LogP contribution in [0.2, 0.25) is 0 Å². The van der Waals surface area contributed by atoms with Gasteiger partial charge in [0.1, 0.15) is 17.6 Å². The number of nitrogens with two attached hydrogens (primary N) is 1. The SMILES string of the molecule is COc1cc(C)cc2cc(-c3cc(CNCCNC(C)=O)n4ncnc(N)c34)sc12. The number of anilines is 1. The summed E-state index contributed by atoms with van der Waals surface area (Å²) in [5.41, 5.74) is 10.1. The van der Waals surface area contributed by atoms with Gasteiger partial charge in [0.15, 0.2) is 5.82 Å². The lowest BCUT2D eigenvalue weighted by Crippen LogP contribution is -2.30. The minimum atomic E-state index is -0.0387. The van der Waals surface area contributed by atoms with Gasteiger partial charge >= 0.3 is 0 Å². The molecule has 0 bridgehead atoms. The summed E-state index contributed by atoms with van der Waals surface area (Å²) in [4.78, 5) is 16.3. The normalized spacial score (nSPS) is 11.3. The number of carbonyl (C=O) groups is 1. The molecule has 30 heavy (non-hydrogen) atoms. The van der Waals surface area contributed by atoms with Crippen LogP contribution in [0.15, 0.2) is 30.6 Å². The standard InChI is InChI=1S/C21H24N6O2S/c1-12-6-14-8-18(30-20(14)17(7-12)29-3)16-9-15(10-23-4-5-24-13(2)28)27-19(16)21(22)25-11-26-27/h6-9,11,23H,4-5,10H2,1-3H3,(H,24,28)(H2,22,25,26). The highest BCUT2D eigenvalue weighted by atomic mass is 32.1. The molecule has 0 aliphatic rings. The van der Waals surface area contributed by atoms with Crippen molar-refractivity contribution >= 4 is 38.7 Å². The van der Waals surface area contributed by atoms with Gasteiger partial charge in [0, 0.05) is 37.0 Å². The number of aryl methyl sites for hydroxylation is 1. The summed E-state index contributed by atoms with van der Waals surface area (Å²) < 4.78 is 8.51. The van der Waals surface area contributed by atoms with E-state index >= 15 is 0 Å². The molecule has 0 aliphatic carbocycles. The Morgan fingerprint density at radius 1 is 1.27 bits per heavy atom. The molecule has 0 spiro atoms. The highest BCUT2D eigenvalue weighted by Crippen LogP contribution is 2.42. The number of nitrogen functional groups attached to an aromatic ring is 1. The van der Waals surface area contributed by atoms with Crippen LogP contribution in [0.4, 0.5) is 5.82 Å². The number of thiophene rings is 1. The predicted octanol–water partition coefficient (Wildman–Crippen LogP) is 2.74. The van der Waals surface area contributed by atoms with Crippen LogP contribution in [0.3, 0.4) is 0 Å². The monoisotopic (exact) mass is 424 g/mol. The number of ether oxygens (including phenoxy) is 1. The molecule has 4 rings (SSSR count). The second kappa shape index (κ2) is 8.29. The van der Waals surface area contributed by atoms with E-state index in [2.05, 4.69) is 45.8 Å². The summed E-state index contributed by atoms with van der Waals surface area (Å²) in [5.74, 6) is 1.27. The van der Waals surface area contributed by atoms with Gasteiger partial charge in [-0.05, 0) is 36.1 Å². The van der Waals surface area contributed by atoms with E-state index in [1.165, 1.54) is 13.3 Å². The minimum absolute atomic E-state index is 0.0387. The van der Waals surface area contributed by atoms with Gasteiger partial charge in [-0.3, -0.25) is 4.79 Å². The molecule has 0 aliphatic heterocycles. The molecule has 3 heterocycles. The molecule has 4 aromatic rings. The molecule has 0 radical (unpaired) electrons. The summed E-state index contributed by atoms with van der Waals surface area (Å²) in [6, 6.07) is 8.45. The third-order valence-corrected chi connectivity index (χ3v) is 6.05. The molecule has 1 aromatic carbocycles. The first kappa shape index (κ1) is 20.1. The molecule has 0 atom stereocenters. The number of carbonyl (C=O) groups excluding carboxylic acids is 1. The van der Waals surface area contributed by atoms with Crippen LogP contribution in [0.25, 0.3) is 26.0 Å². The smallest absolute Gasteiger partial charge is 0.216 e. The topological polar surface area (TPSA) is 107 Å². The number of aromatic nitrogens is 3. The first-order chi connectivity index (χ1) is 14.5. The minimum Gasteiger partial charge on any atom is -0.495 e. The van der Waals surface area contributed by atoms with Crippen molar-refractivity contribution in [1.82, 2.24) is 25.2 Å². The van der Waals surface area contributed by atoms with E-state index < -0.39 is 0 Å². The summed E-state index contributed by atoms with van der Waals surface area (Å²) in [7, 11) is 1.69. The number of benzene rings is 1. The van der Waals surface area contributed by atoms with Gasteiger partial charge in [-0.1, -0.05) is 6.07 Å². The maximum atomic E-state index is 11.0. The largest absolute Gasteiger partial charge is 0.495 e. The Hall–Kier alpha value is -3.17. The van der Waals surface area contributed by atoms with Crippen molar-refractivity contribution in [3.8, 4) is 16.2 Å². The summed E-state index contributed by atoms with van der Waals surface area (Å²) in [6.45, 7) is 5.38. The van der Waals surface area contributed by atoms with E-state index in [0.717, 1.165) is 43.1 Å². The molecule has 0 fully saturated rings. The van der Waals surface area contributed by atoms with E-state index in [0.29, 0.717) is 25.5 Å². The molecule has 156 valence electrons. The Bertz CT molecular complexity index is 1230. The Kier molecular flexibility index (Phi) is 5.56. The number of methoxy groups -OCH3 is 1. The van der Waals surface area contributed by atoms with Crippen molar-refractivity contribution in [2.45, 2.75) is 20.4 Å². The fourth-order valence-electron chi connectivity index (χ4n) is 3.54. The molecule has 0 saturated heterocycles. The van der Waals surface area contributed by atoms with E-state index in [-0.39, 0.29) is 5.91 Å². The van der Waals surface area contributed by atoms with E-state index in [4.69, 9.17) is 10.5 Å². The molecular weight excluding hydrogens is 400 g/mol. The Labute approximate surface area is 178 Å². The van der Waals surface area contributed by atoms with Crippen LogP contribution >= 0.6 is 11.3 Å². The molecule has 0 unspecified atom stereocenters. The average molecular weight is 425 g/mol. The number of fused-ring (bicyclic) bond motifs is 2. The maximum Gasteiger partial charge on any atom is 0.216 e. The van der Waals surface area contributed by atoms with Gasteiger partial charge in [0.05, 0.1) is 17.5 Å². The van der Waals surface area contributed by atoms with Crippen molar-refractivity contribution < 1.29 is 9.53 Å². The number of amides is 1. The molecular formula is C21H24N6O2S. The summed E-state index contributed by atoms with van der Waals surface area (Å²) in [6.07, 6.45) is 1.46. The van der Waals surface area contributed by atoms with Crippen LogP contribution in [-0.2, 0) is 11.3 Å². The molecule has 0 saturated carbocycles. The van der Waals surface area contributed by atoms with Gasteiger partial charge < -0.3 is 21.1 Å². The van der Waals surface area contributed by atoms with Crippen LogP contribution in [0, 0.1) is 6.92 Å². The van der Waals surface area contributed by atoms with Crippen molar-refractivity contribution in [3.05, 3.63) is 41.9 Å². The Balaban J connectivity index is 1.72. The molecule has 9 heteroatoms. The number of rotatable bonds is 7. The van der Waals surface area contributed by atoms with Crippen LogP contribution in [0.1, 0.15) is 18.2 Å². The second-order valence-electron chi connectivity index (χ2n) is 7.11. The predicted molar refractivity (Wildman–Crippen MR) is 120 cm³/mol. The molecule has 4 N–H and O–H groups in total. The van der Waals surface area contributed by atoms with Gasteiger partial charge in [-0.15, -0.1) is 11.3 Å². The van der Waals surface area contributed by atoms with E-state index in [9.17, 15) is 4.79 Å². The molecule has 3 aromatic heterocycles. The van der Waals surface area contributed by atoms with Gasteiger partial charge in [0.25, 0.3) is 0 Å². The Morgan fingerprint density at radius 2 is 2.10 bits per heavy atom. The number of hydrogen-bond donors (Lipinski definition) is 3. The van der Waals surface area contributed by atoms with E-state index in [1.807, 2.05) is 10.6 Å². The van der Waals surface area contributed by atoms with Crippen LogP contribution in [-0.4, -0.2) is 40.7 Å².